The van der Waals surface area contributed by atoms with Crippen LogP contribution in [0.15, 0.2) is 29.9 Å². The zero-order chi connectivity index (χ0) is 17.3. The number of amides is 1. The number of likely N-dealkylation sites (N-methyl/N-ethyl adjacent to an activating group) is 1. The Labute approximate surface area is 146 Å². The Morgan fingerprint density at radius 1 is 1.38 bits per heavy atom. The van der Waals surface area contributed by atoms with Crippen LogP contribution >= 0.6 is 11.3 Å². The van der Waals surface area contributed by atoms with Gasteiger partial charge in [-0.15, -0.1) is 11.3 Å². The molecule has 0 aromatic carbocycles. The van der Waals surface area contributed by atoms with Crippen LogP contribution in [0.4, 0.5) is 10.6 Å². The molecule has 3 rings (SSSR count). The fourth-order valence-corrected chi connectivity index (χ4v) is 3.14. The predicted octanol–water partition coefficient (Wildman–Crippen LogP) is 3.26. The highest BCUT2D eigenvalue weighted by atomic mass is 32.1. The lowest BCUT2D eigenvalue weighted by molar-refractivity contribution is 0.0196. The molecular weight excluding hydrogens is 324 g/mol. The second-order valence-corrected chi connectivity index (χ2v) is 7.84. The molecule has 1 amide bonds. The Bertz CT molecular complexity index is 706. The average Bonchev–Trinajstić information content (AvgIpc) is 2.98. The van der Waals surface area contributed by atoms with Gasteiger partial charge in [-0.25, -0.2) is 14.8 Å². The number of thiophene rings is 1. The highest BCUT2D eigenvalue weighted by molar-refractivity contribution is 7.13. The molecule has 1 aliphatic heterocycles. The zero-order valence-corrected chi connectivity index (χ0v) is 15.2. The topological polar surface area (TPSA) is 58.6 Å². The van der Waals surface area contributed by atoms with E-state index >= 15 is 0 Å². The molecule has 1 fully saturated rings. The highest BCUT2D eigenvalue weighted by Gasteiger charge is 2.35. The number of carbonyl (C=O) groups excluding carboxylic acids is 1. The van der Waals surface area contributed by atoms with Crippen molar-refractivity contribution in [1.82, 2.24) is 14.9 Å². The van der Waals surface area contributed by atoms with Crippen molar-refractivity contribution in [3.63, 3.8) is 0 Å². The Morgan fingerprint density at radius 2 is 2.12 bits per heavy atom. The average molecular weight is 346 g/mol. The second kappa shape index (κ2) is 6.39. The molecule has 7 heteroatoms. The van der Waals surface area contributed by atoms with Crippen molar-refractivity contribution in [2.75, 3.05) is 25.0 Å². The van der Waals surface area contributed by atoms with Crippen LogP contribution in [0.25, 0.3) is 10.6 Å². The van der Waals surface area contributed by atoms with Gasteiger partial charge < -0.3 is 14.5 Å². The molecule has 1 aliphatic rings. The van der Waals surface area contributed by atoms with E-state index in [1.54, 1.807) is 29.6 Å². The number of hydrogen-bond acceptors (Lipinski definition) is 6. The van der Waals surface area contributed by atoms with Crippen LogP contribution in [-0.2, 0) is 4.74 Å². The van der Waals surface area contributed by atoms with Gasteiger partial charge in [0.1, 0.15) is 17.7 Å². The van der Waals surface area contributed by atoms with Gasteiger partial charge in [-0.05, 0) is 32.2 Å². The predicted molar refractivity (Wildman–Crippen MR) is 95.3 cm³/mol. The maximum atomic E-state index is 12.1. The van der Waals surface area contributed by atoms with E-state index in [1.165, 1.54) is 0 Å². The third kappa shape index (κ3) is 3.67. The number of anilines is 1. The van der Waals surface area contributed by atoms with Gasteiger partial charge in [-0.1, -0.05) is 6.07 Å². The molecule has 0 radical (unpaired) electrons. The first-order valence-electron chi connectivity index (χ1n) is 7.90. The van der Waals surface area contributed by atoms with E-state index in [4.69, 9.17) is 4.74 Å². The quantitative estimate of drug-likeness (QED) is 0.854. The normalized spacial score (nSPS) is 15.1. The molecule has 0 aliphatic carbocycles. The lowest BCUT2D eigenvalue weighted by Gasteiger charge is -2.44. The van der Waals surface area contributed by atoms with Crippen LogP contribution in [0.5, 0.6) is 0 Å². The van der Waals surface area contributed by atoms with E-state index in [1.807, 2.05) is 44.4 Å². The van der Waals surface area contributed by atoms with Crippen molar-refractivity contribution in [2.45, 2.75) is 32.4 Å². The van der Waals surface area contributed by atoms with E-state index in [0.29, 0.717) is 0 Å². The second-order valence-electron chi connectivity index (χ2n) is 6.89. The van der Waals surface area contributed by atoms with Crippen molar-refractivity contribution in [3.05, 3.63) is 29.9 Å². The van der Waals surface area contributed by atoms with Crippen LogP contribution in [0.3, 0.4) is 0 Å². The molecule has 1 saturated heterocycles. The molecule has 128 valence electrons. The van der Waals surface area contributed by atoms with Crippen molar-refractivity contribution in [3.8, 4) is 10.6 Å². The van der Waals surface area contributed by atoms with Crippen LogP contribution in [0.1, 0.15) is 20.8 Å². The largest absolute Gasteiger partial charge is 0.444 e. The fraction of sp³-hybridized carbons (Fsp3) is 0.471. The minimum atomic E-state index is -0.475. The first-order chi connectivity index (χ1) is 11.3. The summed E-state index contributed by atoms with van der Waals surface area (Å²) in [5, 5.41) is 2.03. The highest BCUT2D eigenvalue weighted by Crippen LogP contribution is 2.27. The van der Waals surface area contributed by atoms with E-state index in [9.17, 15) is 4.79 Å². The van der Waals surface area contributed by atoms with Crippen LogP contribution in [0.2, 0.25) is 0 Å². The third-order valence-electron chi connectivity index (χ3n) is 3.84. The lowest BCUT2D eigenvalue weighted by atomic mass is 10.1. The Morgan fingerprint density at radius 3 is 2.75 bits per heavy atom. The van der Waals surface area contributed by atoms with E-state index in [2.05, 4.69) is 14.9 Å². The lowest BCUT2D eigenvalue weighted by Crippen LogP contribution is -2.60. The smallest absolute Gasteiger partial charge is 0.410 e. The third-order valence-corrected chi connectivity index (χ3v) is 4.73. The van der Waals surface area contributed by atoms with Gasteiger partial charge in [0.25, 0.3) is 0 Å². The monoisotopic (exact) mass is 346 g/mol. The van der Waals surface area contributed by atoms with Crippen molar-refractivity contribution in [2.24, 2.45) is 0 Å². The summed E-state index contributed by atoms with van der Waals surface area (Å²) in [5.74, 6) is 0.891. The number of aromatic nitrogens is 2. The summed E-state index contributed by atoms with van der Waals surface area (Å²) in [6.07, 6.45) is 1.31. The molecule has 6 nitrogen and oxygen atoms in total. The molecule has 0 spiro atoms. The molecule has 2 aromatic heterocycles. The van der Waals surface area contributed by atoms with E-state index in [0.717, 1.165) is 29.5 Å². The van der Waals surface area contributed by atoms with Gasteiger partial charge in [-0.2, -0.15) is 0 Å². The van der Waals surface area contributed by atoms with Gasteiger partial charge in [0.05, 0.1) is 16.6 Å². The summed E-state index contributed by atoms with van der Waals surface area (Å²) in [7, 11) is 1.78. The van der Waals surface area contributed by atoms with Crippen molar-refractivity contribution >= 4 is 23.2 Å². The summed E-state index contributed by atoms with van der Waals surface area (Å²) in [5.41, 5.74) is 0.454. The first-order valence-corrected chi connectivity index (χ1v) is 8.78. The number of ether oxygens (including phenoxy) is 1. The molecular formula is C17H22N4O2S. The zero-order valence-electron chi connectivity index (χ0n) is 14.4. The molecule has 0 bridgehead atoms. The Hall–Kier alpha value is -2.15. The Balaban J connectivity index is 1.61. The van der Waals surface area contributed by atoms with E-state index in [-0.39, 0.29) is 12.1 Å². The summed E-state index contributed by atoms with van der Waals surface area (Å²) >= 11 is 1.66. The van der Waals surface area contributed by atoms with Gasteiger partial charge in [0.15, 0.2) is 0 Å². The van der Waals surface area contributed by atoms with Crippen molar-refractivity contribution in [1.29, 1.82) is 0 Å². The van der Waals surface area contributed by atoms with Gasteiger partial charge in [0.2, 0.25) is 0 Å². The fourth-order valence-electron chi connectivity index (χ4n) is 2.45. The van der Waals surface area contributed by atoms with E-state index < -0.39 is 5.60 Å². The molecule has 0 N–H and O–H groups in total. The molecule has 3 heterocycles. The van der Waals surface area contributed by atoms with Crippen LogP contribution in [-0.4, -0.2) is 52.7 Å². The molecule has 0 atom stereocenters. The SMILES string of the molecule is CN(C(=O)OC(C)(C)C)C1CN(c2cc(-c3cccs3)ncn2)C1. The first kappa shape index (κ1) is 16.7. The summed E-state index contributed by atoms with van der Waals surface area (Å²) in [6.45, 7) is 7.11. The number of hydrogen-bond donors (Lipinski definition) is 0. The number of nitrogens with zero attached hydrogens (tertiary/aromatic N) is 4. The van der Waals surface area contributed by atoms with Gasteiger partial charge in [-0.3, -0.25) is 0 Å². The Kier molecular flexibility index (Phi) is 4.45. The molecule has 24 heavy (non-hydrogen) atoms. The number of rotatable bonds is 3. The standard InChI is InChI=1S/C17H22N4O2S/c1-17(2,3)23-16(22)20(4)12-9-21(10-12)15-8-13(18-11-19-15)14-6-5-7-24-14/h5-8,11-12H,9-10H2,1-4H3. The minimum absolute atomic E-state index is 0.139. The maximum absolute atomic E-state index is 12.1. The van der Waals surface area contributed by atoms with Gasteiger partial charge >= 0.3 is 6.09 Å². The summed E-state index contributed by atoms with van der Waals surface area (Å²) < 4.78 is 5.41. The van der Waals surface area contributed by atoms with Crippen molar-refractivity contribution < 1.29 is 9.53 Å². The van der Waals surface area contributed by atoms with Crippen LogP contribution < -0.4 is 4.90 Å². The van der Waals surface area contributed by atoms with Gasteiger partial charge in [0, 0.05) is 26.2 Å². The summed E-state index contributed by atoms with van der Waals surface area (Å²) in [6, 6.07) is 6.19. The minimum Gasteiger partial charge on any atom is -0.444 e. The van der Waals surface area contributed by atoms with Crippen LogP contribution in [0, 0.1) is 0 Å². The molecule has 0 unspecified atom stereocenters. The molecule has 0 saturated carbocycles. The summed E-state index contributed by atoms with van der Waals surface area (Å²) in [4.78, 5) is 25.7. The molecule has 2 aromatic rings. The number of carbonyl (C=O) groups is 1. The maximum Gasteiger partial charge on any atom is 0.410 e.